The average Bonchev–Trinajstić information content (AvgIpc) is 3.33. The highest BCUT2D eigenvalue weighted by atomic mass is 19.1. The third kappa shape index (κ3) is 5.67. The Balaban J connectivity index is 0.000000509. The fourth-order valence-electron chi connectivity index (χ4n) is 3.44. The van der Waals surface area contributed by atoms with Gasteiger partial charge in [-0.15, -0.1) is 10.2 Å². The number of halogens is 1. The standard InChI is InChI=1S/C19H22FN5O2.C4H9N/c1-27-18(22)8-12(11-21)13-10-17(26)14(9-15(13)20)16-4-5-19(24-23-16)25-6-2-3-7-25;5-4-2-1-3-4/h4-5,8-11,26H,2-3,6-7,21-22H2,1H3;4H,1-3,5H2/b12-11+,18-8+;. The molecule has 0 bridgehead atoms. The van der Waals surface area contributed by atoms with Gasteiger partial charge in [-0.05, 0) is 49.9 Å². The topological polar surface area (TPSA) is 137 Å². The summed E-state index contributed by atoms with van der Waals surface area (Å²) >= 11 is 0. The Bertz CT molecular complexity index is 967. The fourth-order valence-corrected chi connectivity index (χ4v) is 3.44. The summed E-state index contributed by atoms with van der Waals surface area (Å²) in [5, 5.41) is 18.7. The van der Waals surface area contributed by atoms with E-state index in [0.717, 1.165) is 31.7 Å². The van der Waals surface area contributed by atoms with Crippen LogP contribution in [0, 0.1) is 5.82 Å². The van der Waals surface area contributed by atoms with Crippen molar-refractivity contribution in [1.82, 2.24) is 10.2 Å². The van der Waals surface area contributed by atoms with Crippen molar-refractivity contribution in [3.8, 4) is 17.0 Å². The van der Waals surface area contributed by atoms with E-state index in [4.69, 9.17) is 21.9 Å². The Morgan fingerprint density at radius 3 is 2.38 bits per heavy atom. The van der Waals surface area contributed by atoms with E-state index in [1.807, 2.05) is 6.07 Å². The molecular weight excluding hydrogens is 411 g/mol. The van der Waals surface area contributed by atoms with Crippen molar-refractivity contribution in [3.05, 3.63) is 53.8 Å². The second-order valence-electron chi connectivity index (χ2n) is 7.88. The molecule has 1 aliphatic heterocycles. The lowest BCUT2D eigenvalue weighted by molar-refractivity contribution is 0.288. The zero-order valence-electron chi connectivity index (χ0n) is 18.3. The van der Waals surface area contributed by atoms with Crippen LogP contribution in [-0.2, 0) is 4.74 Å². The van der Waals surface area contributed by atoms with Gasteiger partial charge in [-0.2, -0.15) is 0 Å². The normalized spacial score (nSPS) is 16.9. The SMILES string of the molecule is CO/C(N)=C/C(=C\N)c1cc(O)c(-c2ccc(N3CCCC3)nn2)cc1F.NC1CCC1. The summed E-state index contributed by atoms with van der Waals surface area (Å²) in [5.74, 6) is 0.128. The van der Waals surface area contributed by atoms with Crippen molar-refractivity contribution in [1.29, 1.82) is 0 Å². The van der Waals surface area contributed by atoms with Crippen LogP contribution in [-0.4, -0.2) is 41.5 Å². The molecule has 1 aliphatic carbocycles. The van der Waals surface area contributed by atoms with Gasteiger partial charge in [0.15, 0.2) is 11.7 Å². The largest absolute Gasteiger partial charge is 0.507 e. The van der Waals surface area contributed by atoms with Crippen molar-refractivity contribution in [2.45, 2.75) is 38.1 Å². The molecule has 2 aliphatic rings. The molecule has 1 saturated heterocycles. The van der Waals surface area contributed by atoms with E-state index in [-0.39, 0.29) is 28.3 Å². The van der Waals surface area contributed by atoms with Crippen LogP contribution in [0.3, 0.4) is 0 Å². The maximum Gasteiger partial charge on any atom is 0.184 e. The van der Waals surface area contributed by atoms with Gasteiger partial charge in [-0.1, -0.05) is 6.42 Å². The number of nitrogens with two attached hydrogens (primary N) is 3. The number of aromatic hydroxyl groups is 1. The summed E-state index contributed by atoms with van der Waals surface area (Å²) < 4.78 is 19.5. The summed E-state index contributed by atoms with van der Waals surface area (Å²) in [6, 6.07) is 6.59. The predicted octanol–water partition coefficient (Wildman–Crippen LogP) is 2.83. The zero-order valence-corrected chi connectivity index (χ0v) is 18.3. The van der Waals surface area contributed by atoms with Crippen LogP contribution in [0.15, 0.2) is 42.4 Å². The van der Waals surface area contributed by atoms with Crippen LogP contribution in [0.1, 0.15) is 37.7 Å². The molecule has 8 nitrogen and oxygen atoms in total. The van der Waals surface area contributed by atoms with Crippen molar-refractivity contribution in [2.75, 3.05) is 25.1 Å². The Labute approximate surface area is 187 Å². The number of rotatable bonds is 5. The first-order chi connectivity index (χ1) is 15.4. The highest BCUT2D eigenvalue weighted by Gasteiger charge is 2.17. The first kappa shape index (κ1) is 23.3. The summed E-state index contributed by atoms with van der Waals surface area (Å²) in [7, 11) is 1.39. The van der Waals surface area contributed by atoms with Crippen LogP contribution in [0.25, 0.3) is 16.8 Å². The molecule has 9 heteroatoms. The van der Waals surface area contributed by atoms with E-state index in [1.54, 1.807) is 6.07 Å². The second-order valence-corrected chi connectivity index (χ2v) is 7.88. The average molecular weight is 443 g/mol. The summed E-state index contributed by atoms with van der Waals surface area (Å²) in [5.41, 5.74) is 17.5. The first-order valence-corrected chi connectivity index (χ1v) is 10.7. The second kappa shape index (κ2) is 10.8. The predicted molar refractivity (Wildman–Crippen MR) is 124 cm³/mol. The number of allylic oxidation sites excluding steroid dienone is 2. The number of methoxy groups -OCH3 is 1. The minimum absolute atomic E-state index is 0.0676. The monoisotopic (exact) mass is 442 g/mol. The lowest BCUT2D eigenvalue weighted by Gasteiger charge is -2.18. The maximum absolute atomic E-state index is 14.7. The minimum atomic E-state index is -0.579. The molecule has 0 radical (unpaired) electrons. The fraction of sp³-hybridized carbons (Fsp3) is 0.391. The van der Waals surface area contributed by atoms with Crippen molar-refractivity contribution >= 4 is 11.4 Å². The van der Waals surface area contributed by atoms with Crippen LogP contribution in [0.4, 0.5) is 10.2 Å². The number of anilines is 1. The lowest BCUT2D eigenvalue weighted by Crippen LogP contribution is -2.27. The molecule has 0 atom stereocenters. The molecule has 2 aromatic rings. The number of hydrogen-bond donors (Lipinski definition) is 4. The van der Waals surface area contributed by atoms with Crippen molar-refractivity contribution in [2.24, 2.45) is 17.2 Å². The van der Waals surface area contributed by atoms with Crippen LogP contribution >= 0.6 is 0 Å². The molecule has 172 valence electrons. The van der Waals surface area contributed by atoms with Gasteiger partial charge in [0.2, 0.25) is 0 Å². The number of benzene rings is 1. The summed E-state index contributed by atoms with van der Waals surface area (Å²) in [4.78, 5) is 2.14. The van der Waals surface area contributed by atoms with Crippen molar-refractivity contribution < 1.29 is 14.2 Å². The molecule has 0 spiro atoms. The Hall–Kier alpha value is -3.33. The number of phenolic OH excluding ortho intramolecular Hbond substituents is 1. The third-order valence-electron chi connectivity index (χ3n) is 5.62. The molecule has 1 saturated carbocycles. The molecule has 7 N–H and O–H groups in total. The Morgan fingerprint density at radius 2 is 1.88 bits per heavy atom. The Morgan fingerprint density at radius 1 is 1.19 bits per heavy atom. The number of ether oxygens (including phenoxy) is 1. The van der Waals surface area contributed by atoms with E-state index in [1.165, 1.54) is 50.8 Å². The molecule has 2 heterocycles. The molecular formula is C23H31FN6O2. The number of hydrogen-bond acceptors (Lipinski definition) is 8. The van der Waals surface area contributed by atoms with E-state index in [2.05, 4.69) is 15.1 Å². The van der Waals surface area contributed by atoms with E-state index >= 15 is 0 Å². The molecule has 1 aromatic carbocycles. The third-order valence-corrected chi connectivity index (χ3v) is 5.62. The zero-order chi connectivity index (χ0) is 23.1. The van der Waals surface area contributed by atoms with Gasteiger partial charge < -0.3 is 31.9 Å². The number of aromatic nitrogens is 2. The van der Waals surface area contributed by atoms with Gasteiger partial charge in [0.05, 0.1) is 12.8 Å². The molecule has 1 aromatic heterocycles. The van der Waals surface area contributed by atoms with E-state index in [9.17, 15) is 9.50 Å². The van der Waals surface area contributed by atoms with E-state index in [0.29, 0.717) is 11.7 Å². The van der Waals surface area contributed by atoms with Gasteiger partial charge in [0.1, 0.15) is 11.6 Å². The number of nitrogens with zero attached hydrogens (tertiary/aromatic N) is 3. The highest BCUT2D eigenvalue weighted by molar-refractivity contribution is 5.78. The summed E-state index contributed by atoms with van der Waals surface area (Å²) in [6.07, 6.45) is 8.73. The highest BCUT2D eigenvalue weighted by Crippen LogP contribution is 2.33. The first-order valence-electron chi connectivity index (χ1n) is 10.7. The van der Waals surface area contributed by atoms with Gasteiger partial charge in [0.25, 0.3) is 0 Å². The van der Waals surface area contributed by atoms with Crippen LogP contribution < -0.4 is 22.1 Å². The van der Waals surface area contributed by atoms with E-state index < -0.39 is 5.82 Å². The quantitative estimate of drug-likeness (QED) is 0.410. The lowest BCUT2D eigenvalue weighted by atomic mass is 9.95. The van der Waals surface area contributed by atoms with Gasteiger partial charge in [0, 0.05) is 48.1 Å². The van der Waals surface area contributed by atoms with Gasteiger partial charge in [-0.25, -0.2) is 4.39 Å². The van der Waals surface area contributed by atoms with Crippen LogP contribution in [0.5, 0.6) is 5.75 Å². The van der Waals surface area contributed by atoms with Gasteiger partial charge in [-0.3, -0.25) is 0 Å². The molecule has 4 rings (SSSR count). The van der Waals surface area contributed by atoms with Gasteiger partial charge >= 0.3 is 0 Å². The Kier molecular flexibility index (Phi) is 7.88. The molecule has 0 unspecified atom stereocenters. The van der Waals surface area contributed by atoms with Crippen molar-refractivity contribution in [3.63, 3.8) is 0 Å². The minimum Gasteiger partial charge on any atom is -0.507 e. The number of phenols is 1. The smallest absolute Gasteiger partial charge is 0.184 e. The maximum atomic E-state index is 14.7. The van der Waals surface area contributed by atoms with Crippen LogP contribution in [0.2, 0.25) is 0 Å². The molecule has 0 amide bonds. The molecule has 2 fully saturated rings. The summed E-state index contributed by atoms with van der Waals surface area (Å²) in [6.45, 7) is 1.91. The molecule has 32 heavy (non-hydrogen) atoms.